The van der Waals surface area contributed by atoms with E-state index in [0.29, 0.717) is 29.4 Å². The second kappa shape index (κ2) is 17.7. The number of hydrogen-bond donors (Lipinski definition) is 5. The zero-order valence-corrected chi connectivity index (χ0v) is 36.2. The van der Waals surface area contributed by atoms with Gasteiger partial charge in [-0.2, -0.15) is 0 Å². The molecule has 2 aromatic rings. The van der Waals surface area contributed by atoms with E-state index in [1.165, 1.54) is 19.1 Å². The van der Waals surface area contributed by atoms with Crippen LogP contribution in [0.2, 0.25) is 0 Å². The predicted molar refractivity (Wildman–Crippen MR) is 224 cm³/mol. The number of ketones is 1. The number of aliphatic carboxylic acids is 1. The van der Waals surface area contributed by atoms with Crippen molar-refractivity contribution in [1.82, 2.24) is 10.6 Å². The van der Waals surface area contributed by atoms with Crippen LogP contribution in [0.4, 0.5) is 18.9 Å². The molecule has 3 amide bonds. The molecule has 2 aromatic carbocycles. The number of thioether (sulfide) groups is 1. The zero-order chi connectivity index (χ0) is 44.8. The van der Waals surface area contributed by atoms with Crippen molar-refractivity contribution in [1.29, 1.82) is 0 Å². The fourth-order valence-corrected chi connectivity index (χ4v) is 11.6. The minimum atomic E-state index is -2.38. The Morgan fingerprint density at radius 1 is 1.03 bits per heavy atom. The van der Waals surface area contributed by atoms with Gasteiger partial charge in [0.1, 0.15) is 18.2 Å². The summed E-state index contributed by atoms with van der Waals surface area (Å²) in [5.74, 6) is -5.17. The van der Waals surface area contributed by atoms with Gasteiger partial charge in [0.2, 0.25) is 22.8 Å². The number of benzene rings is 2. The number of carboxylic acids is 1. The quantitative estimate of drug-likeness (QED) is 0.153. The lowest BCUT2D eigenvalue weighted by Crippen LogP contribution is -2.70. The minimum absolute atomic E-state index is 0.0186. The number of ether oxygens (including phenoxy) is 2. The van der Waals surface area contributed by atoms with Gasteiger partial charge in [-0.05, 0) is 85.9 Å². The van der Waals surface area contributed by atoms with Crippen molar-refractivity contribution in [3.8, 4) is 0 Å². The molecule has 4 aliphatic carbocycles. The summed E-state index contributed by atoms with van der Waals surface area (Å²) < 4.78 is 61.0. The third-order valence-corrected chi connectivity index (χ3v) is 14.8. The highest BCUT2D eigenvalue weighted by Crippen LogP contribution is 2.73. The van der Waals surface area contributed by atoms with Gasteiger partial charge in [0.05, 0.1) is 24.1 Å². The van der Waals surface area contributed by atoms with Crippen LogP contribution in [0, 0.1) is 22.7 Å². The van der Waals surface area contributed by atoms with Gasteiger partial charge in [-0.25, -0.2) is 13.2 Å². The number of hydrogen-bond acceptors (Lipinski definition) is 10. The highest BCUT2D eigenvalue weighted by Gasteiger charge is 2.80. The van der Waals surface area contributed by atoms with E-state index in [2.05, 4.69) is 31.9 Å². The largest absolute Gasteiger partial charge is 0.481 e. The molecule has 18 heteroatoms. The van der Waals surface area contributed by atoms with Crippen molar-refractivity contribution in [2.24, 2.45) is 22.7 Å². The maximum Gasteiger partial charge on any atom is 0.303 e. The van der Waals surface area contributed by atoms with Gasteiger partial charge < -0.3 is 35.6 Å². The highest BCUT2D eigenvalue weighted by atomic mass is 79.9. The Hall–Kier alpha value is -4.36. The van der Waals surface area contributed by atoms with Gasteiger partial charge in [0.15, 0.2) is 23.3 Å². The predicted octanol–water partition coefficient (Wildman–Crippen LogP) is 5.34. The van der Waals surface area contributed by atoms with Crippen LogP contribution in [0.5, 0.6) is 0 Å². The maximum absolute atomic E-state index is 17.8. The Morgan fingerprint density at radius 2 is 1.77 bits per heavy atom. The fourth-order valence-electron chi connectivity index (χ4n) is 10.6. The van der Waals surface area contributed by atoms with Crippen molar-refractivity contribution >= 4 is 68.0 Å². The smallest absolute Gasteiger partial charge is 0.303 e. The number of aliphatic hydroxyl groups excluding tert-OH is 1. The number of halogens is 4. The SMILES string of the molecule is C[C@]12C=CC(=O)C=C1[C@@H](F)C[C@H]1[C@@H]3C[C@H]4O[C@@H](c5cccc(Cc6ccc(NC(=O)[C@H](CCC(=O)O)NC(=O)CNC(=O)CBr)cc6)c5)O[C@@]4(C(=O)SCF)[C@@]3(C)C[C@H](O)[C@@]12F. The number of anilines is 1. The first-order chi connectivity index (χ1) is 29.4. The average Bonchev–Trinajstić information content (AvgIpc) is 3.74. The number of fused-ring (bicyclic) bond motifs is 7. The first-order valence-electron chi connectivity index (χ1n) is 20.3. The van der Waals surface area contributed by atoms with Crippen LogP contribution < -0.4 is 16.0 Å². The van der Waals surface area contributed by atoms with Crippen LogP contribution >= 0.6 is 27.7 Å². The van der Waals surface area contributed by atoms with Crippen LogP contribution in [0.3, 0.4) is 0 Å². The normalized spacial score (nSPS) is 33.5. The van der Waals surface area contributed by atoms with Crippen molar-refractivity contribution in [3.05, 3.63) is 89.0 Å². The topological polar surface area (TPSA) is 197 Å². The summed E-state index contributed by atoms with van der Waals surface area (Å²) in [6.07, 6.45) is -2.45. The molecule has 3 saturated carbocycles. The monoisotopic (exact) mass is 945 g/mol. The number of amides is 3. The lowest BCUT2D eigenvalue weighted by Gasteiger charge is -2.63. The van der Waals surface area contributed by atoms with Gasteiger partial charge in [-0.3, -0.25) is 28.8 Å². The molecule has 0 radical (unpaired) electrons. The van der Waals surface area contributed by atoms with Crippen molar-refractivity contribution in [2.45, 2.75) is 94.4 Å². The van der Waals surface area contributed by atoms with E-state index >= 15 is 8.78 Å². The van der Waals surface area contributed by atoms with E-state index in [4.69, 9.17) is 14.6 Å². The molecule has 11 atom stereocenters. The first kappa shape index (κ1) is 45.7. The summed E-state index contributed by atoms with van der Waals surface area (Å²) in [6, 6.07) is 11.8. The summed E-state index contributed by atoms with van der Waals surface area (Å²) >= 11 is 3.39. The Balaban J connectivity index is 1.06. The van der Waals surface area contributed by atoms with Gasteiger partial charge in [-0.15, -0.1) is 0 Å². The molecule has 332 valence electrons. The number of rotatable bonds is 14. The molecule has 0 aromatic heterocycles. The average molecular weight is 947 g/mol. The van der Waals surface area contributed by atoms with E-state index < -0.39 is 112 Å². The third kappa shape index (κ3) is 7.94. The second-order valence-electron chi connectivity index (χ2n) is 17.0. The van der Waals surface area contributed by atoms with E-state index in [1.54, 1.807) is 43.3 Å². The Labute approximate surface area is 368 Å². The Bertz CT molecular complexity index is 2210. The number of carbonyl (C=O) groups excluding carboxylic acids is 5. The molecule has 5 aliphatic rings. The summed E-state index contributed by atoms with van der Waals surface area (Å²) in [7, 11) is 0. The number of carbonyl (C=O) groups is 6. The maximum atomic E-state index is 17.8. The number of nitrogens with one attached hydrogen (secondary N) is 3. The molecule has 0 unspecified atom stereocenters. The number of aliphatic hydroxyl groups is 1. The van der Waals surface area contributed by atoms with Crippen molar-refractivity contribution in [3.63, 3.8) is 0 Å². The molecule has 13 nitrogen and oxygen atoms in total. The van der Waals surface area contributed by atoms with E-state index in [1.807, 2.05) is 12.1 Å². The molecular formula is C44H47BrF3N3O10S. The van der Waals surface area contributed by atoms with Crippen LogP contribution in [0.25, 0.3) is 0 Å². The van der Waals surface area contributed by atoms with Gasteiger partial charge >= 0.3 is 5.97 Å². The van der Waals surface area contributed by atoms with E-state index in [-0.39, 0.29) is 43.0 Å². The van der Waals surface area contributed by atoms with E-state index in [0.717, 1.165) is 17.2 Å². The standard InChI is InChI=1S/C44H47BrF3N3O10S/c1-41-13-12-27(52)16-30(41)31(47)17-29-28-18-34-44(40(59)62-22-46,42(28,2)19-33(53)43(29,41)48)61-39(60-34)25-5-3-4-24(15-25)14-23-6-8-26(9-7-23)50-38(58)32(10-11-37(56)57)51-36(55)21-49-35(54)20-45/h3-9,12-13,15-16,28-29,31-34,39,53H,10-11,14,17-22H2,1-2H3,(H,49,54)(H,50,58)(H,51,55)(H,56,57)/t28-,29-,31-,32-,33-,34+,39+,41-,42-,43-,44-/m0/s1. The van der Waals surface area contributed by atoms with Gasteiger partial charge in [-0.1, -0.05) is 77.1 Å². The third-order valence-electron chi connectivity index (χ3n) is 13.6. The summed E-state index contributed by atoms with van der Waals surface area (Å²) in [5.41, 5.74) is -4.54. The van der Waals surface area contributed by atoms with Crippen LogP contribution in [0.1, 0.15) is 68.9 Å². The van der Waals surface area contributed by atoms with Crippen LogP contribution in [-0.4, -0.2) is 98.4 Å². The summed E-state index contributed by atoms with van der Waals surface area (Å²) in [6.45, 7) is 2.81. The summed E-state index contributed by atoms with van der Waals surface area (Å²) in [4.78, 5) is 74.6. The molecule has 1 saturated heterocycles. The van der Waals surface area contributed by atoms with Gasteiger partial charge in [0, 0.05) is 34.4 Å². The van der Waals surface area contributed by atoms with Crippen molar-refractivity contribution < 1.29 is 61.6 Å². The molecule has 0 bridgehead atoms. The lowest BCUT2D eigenvalue weighted by molar-refractivity contribution is -0.232. The molecular weight excluding hydrogens is 899 g/mol. The number of alkyl halides is 4. The molecule has 5 N–H and O–H groups in total. The molecule has 1 aliphatic heterocycles. The van der Waals surface area contributed by atoms with Crippen molar-refractivity contribution in [2.75, 3.05) is 23.2 Å². The lowest BCUT2D eigenvalue weighted by atomic mass is 9.44. The Morgan fingerprint density at radius 3 is 2.47 bits per heavy atom. The first-order valence-corrected chi connectivity index (χ1v) is 22.4. The minimum Gasteiger partial charge on any atom is -0.481 e. The number of carboxylic acid groups (broad SMARTS) is 1. The van der Waals surface area contributed by atoms with E-state index in [9.17, 15) is 38.3 Å². The molecule has 0 spiro atoms. The molecule has 4 fully saturated rings. The second-order valence-corrected chi connectivity index (χ2v) is 18.5. The van der Waals surface area contributed by atoms with Crippen LogP contribution in [0.15, 0.2) is 72.3 Å². The number of allylic oxidation sites excluding steroid dienone is 4. The molecule has 1 heterocycles. The molecule has 7 rings (SSSR count). The highest BCUT2D eigenvalue weighted by molar-refractivity contribution is 9.09. The van der Waals surface area contributed by atoms with Gasteiger partial charge in [0.25, 0.3) is 0 Å². The molecule has 62 heavy (non-hydrogen) atoms. The van der Waals surface area contributed by atoms with Crippen LogP contribution in [-0.2, 0) is 44.7 Å². The zero-order valence-electron chi connectivity index (χ0n) is 33.8. The fraction of sp³-hybridized carbons (Fsp3) is 0.500. The Kier molecular flexibility index (Phi) is 13.0. The summed E-state index contributed by atoms with van der Waals surface area (Å²) in [5, 5.41) is 27.8.